The van der Waals surface area contributed by atoms with Crippen molar-refractivity contribution in [1.29, 1.82) is 0 Å². The van der Waals surface area contributed by atoms with E-state index in [1.54, 1.807) is 30.3 Å². The second-order valence-corrected chi connectivity index (χ2v) is 5.54. The van der Waals surface area contributed by atoms with E-state index in [1.807, 2.05) is 0 Å². The number of carboxylic acids is 2. The normalized spacial score (nSPS) is 12.5. The highest BCUT2D eigenvalue weighted by Crippen LogP contribution is 2.04. The van der Waals surface area contributed by atoms with Crippen LogP contribution < -0.4 is 22.1 Å². The first-order valence-corrected chi connectivity index (χ1v) is 7.91. The number of guanidine groups is 1. The van der Waals surface area contributed by atoms with Crippen LogP contribution in [-0.2, 0) is 16.0 Å². The van der Waals surface area contributed by atoms with Gasteiger partial charge in [0.25, 0.3) is 0 Å². The molecule has 0 saturated heterocycles. The Morgan fingerprint density at radius 2 is 1.58 bits per heavy atom. The number of nitrogens with zero attached hydrogens (tertiary/aromatic N) is 1. The number of amides is 2. The van der Waals surface area contributed by atoms with Crippen LogP contribution in [0.15, 0.2) is 35.3 Å². The summed E-state index contributed by atoms with van der Waals surface area (Å²) < 4.78 is 0. The lowest BCUT2D eigenvalue weighted by molar-refractivity contribution is -0.139. The standard InChI is InChI=1S/C16H23N5O5/c17-15(18)19-8-4-7-11(13(22)23)20-16(26)21-12(14(24)25)9-10-5-2-1-3-6-10/h1-3,5-6,11-12H,4,7-9H2,(H,22,23)(H,24,25)(H4,17,18,19)(H2,20,21,26)/t11-,12-/m0/s1. The number of hydrogen-bond donors (Lipinski definition) is 6. The molecule has 10 heteroatoms. The Morgan fingerprint density at radius 3 is 2.12 bits per heavy atom. The van der Waals surface area contributed by atoms with Crippen molar-refractivity contribution in [2.45, 2.75) is 31.3 Å². The number of carbonyl (C=O) groups is 3. The maximum atomic E-state index is 12.0. The molecule has 0 heterocycles. The van der Waals surface area contributed by atoms with Gasteiger partial charge in [0, 0.05) is 13.0 Å². The van der Waals surface area contributed by atoms with Gasteiger partial charge >= 0.3 is 18.0 Å². The van der Waals surface area contributed by atoms with Gasteiger partial charge < -0.3 is 32.3 Å². The lowest BCUT2D eigenvalue weighted by Crippen LogP contribution is -2.51. The molecule has 1 aromatic carbocycles. The molecule has 26 heavy (non-hydrogen) atoms. The average Bonchev–Trinajstić information content (AvgIpc) is 2.57. The third kappa shape index (κ3) is 7.99. The number of aliphatic imine (C=N–C) groups is 1. The van der Waals surface area contributed by atoms with Crippen molar-refractivity contribution in [3.63, 3.8) is 0 Å². The Hall–Kier alpha value is -3.30. The maximum absolute atomic E-state index is 12.0. The first-order chi connectivity index (χ1) is 12.3. The topological polar surface area (TPSA) is 180 Å². The maximum Gasteiger partial charge on any atom is 0.326 e. The van der Waals surface area contributed by atoms with E-state index in [4.69, 9.17) is 16.6 Å². The second-order valence-electron chi connectivity index (χ2n) is 5.54. The van der Waals surface area contributed by atoms with E-state index >= 15 is 0 Å². The molecule has 2 amide bonds. The van der Waals surface area contributed by atoms with Gasteiger partial charge in [-0.25, -0.2) is 14.4 Å². The van der Waals surface area contributed by atoms with Crippen molar-refractivity contribution >= 4 is 23.9 Å². The fourth-order valence-corrected chi connectivity index (χ4v) is 2.17. The van der Waals surface area contributed by atoms with Crippen LogP contribution in [0.25, 0.3) is 0 Å². The average molecular weight is 365 g/mol. The van der Waals surface area contributed by atoms with Crippen LogP contribution in [0.5, 0.6) is 0 Å². The minimum absolute atomic E-state index is 0.0752. The van der Waals surface area contributed by atoms with Crippen LogP contribution >= 0.6 is 0 Å². The summed E-state index contributed by atoms with van der Waals surface area (Å²) in [5.74, 6) is -2.56. The number of urea groups is 1. The van der Waals surface area contributed by atoms with Crippen LogP contribution in [0, 0.1) is 0 Å². The number of nitrogens with two attached hydrogens (primary N) is 2. The van der Waals surface area contributed by atoms with Crippen molar-refractivity contribution < 1.29 is 24.6 Å². The minimum atomic E-state index is -1.24. The monoisotopic (exact) mass is 365 g/mol. The molecule has 1 rings (SSSR count). The number of nitrogens with one attached hydrogen (secondary N) is 2. The van der Waals surface area contributed by atoms with E-state index in [1.165, 1.54) is 0 Å². The van der Waals surface area contributed by atoms with Crippen LogP contribution in [0.2, 0.25) is 0 Å². The molecule has 0 spiro atoms. The van der Waals surface area contributed by atoms with E-state index in [-0.39, 0.29) is 25.3 Å². The summed E-state index contributed by atoms with van der Waals surface area (Å²) in [6.07, 6.45) is 0.503. The molecule has 0 aliphatic carbocycles. The SMILES string of the molecule is NC(N)=NCCC[C@H](NC(=O)N[C@@H](Cc1ccccc1)C(=O)O)C(=O)O. The van der Waals surface area contributed by atoms with Crippen LogP contribution in [-0.4, -0.2) is 52.8 Å². The van der Waals surface area contributed by atoms with E-state index in [0.29, 0.717) is 6.42 Å². The van der Waals surface area contributed by atoms with Gasteiger partial charge in [-0.05, 0) is 18.4 Å². The zero-order valence-corrected chi connectivity index (χ0v) is 14.1. The molecule has 2 atom stereocenters. The van der Waals surface area contributed by atoms with Crippen molar-refractivity contribution in [3.05, 3.63) is 35.9 Å². The highest BCUT2D eigenvalue weighted by Gasteiger charge is 2.24. The molecule has 0 unspecified atom stereocenters. The third-order valence-electron chi connectivity index (χ3n) is 3.43. The molecule has 10 nitrogen and oxygen atoms in total. The summed E-state index contributed by atoms with van der Waals surface area (Å²) in [4.78, 5) is 38.3. The molecular formula is C16H23N5O5. The van der Waals surface area contributed by atoms with Crippen molar-refractivity contribution in [2.75, 3.05) is 6.54 Å². The van der Waals surface area contributed by atoms with E-state index in [2.05, 4.69) is 15.6 Å². The first-order valence-electron chi connectivity index (χ1n) is 7.91. The molecule has 142 valence electrons. The van der Waals surface area contributed by atoms with E-state index < -0.39 is 30.1 Å². The molecule has 0 radical (unpaired) electrons. The smallest absolute Gasteiger partial charge is 0.326 e. The zero-order chi connectivity index (χ0) is 19.5. The molecule has 0 bridgehead atoms. The number of hydrogen-bond acceptors (Lipinski definition) is 4. The quantitative estimate of drug-likeness (QED) is 0.183. The van der Waals surface area contributed by atoms with E-state index in [0.717, 1.165) is 5.56 Å². The van der Waals surface area contributed by atoms with Crippen LogP contribution in [0.4, 0.5) is 4.79 Å². The molecule has 0 aromatic heterocycles. The Labute approximate surface area is 150 Å². The van der Waals surface area contributed by atoms with Crippen molar-refractivity contribution in [3.8, 4) is 0 Å². The Balaban J connectivity index is 2.59. The predicted molar refractivity (Wildman–Crippen MR) is 94.6 cm³/mol. The van der Waals surface area contributed by atoms with Gasteiger partial charge in [-0.3, -0.25) is 4.99 Å². The summed E-state index contributed by atoms with van der Waals surface area (Å²) >= 11 is 0. The van der Waals surface area contributed by atoms with Gasteiger partial charge in [0.2, 0.25) is 0 Å². The zero-order valence-electron chi connectivity index (χ0n) is 14.1. The number of benzene rings is 1. The molecule has 8 N–H and O–H groups in total. The summed E-state index contributed by atoms with van der Waals surface area (Å²) in [5.41, 5.74) is 11.1. The molecule has 0 aliphatic heterocycles. The summed E-state index contributed by atoms with van der Waals surface area (Å²) in [6.45, 7) is 0.223. The van der Waals surface area contributed by atoms with Crippen LogP contribution in [0.3, 0.4) is 0 Å². The van der Waals surface area contributed by atoms with Gasteiger partial charge in [0.05, 0.1) is 0 Å². The lowest BCUT2D eigenvalue weighted by atomic mass is 10.1. The Morgan fingerprint density at radius 1 is 1.00 bits per heavy atom. The number of rotatable bonds is 10. The first kappa shape index (κ1) is 20.7. The molecular weight excluding hydrogens is 342 g/mol. The third-order valence-corrected chi connectivity index (χ3v) is 3.43. The predicted octanol–water partition coefficient (Wildman–Crippen LogP) is -0.512. The van der Waals surface area contributed by atoms with Gasteiger partial charge in [-0.1, -0.05) is 30.3 Å². The van der Waals surface area contributed by atoms with Crippen molar-refractivity contribution in [1.82, 2.24) is 10.6 Å². The molecule has 0 aliphatic rings. The second kappa shape index (κ2) is 10.5. The van der Waals surface area contributed by atoms with Crippen molar-refractivity contribution in [2.24, 2.45) is 16.5 Å². The number of aliphatic carboxylic acids is 2. The molecule has 1 aromatic rings. The largest absolute Gasteiger partial charge is 0.480 e. The molecule has 0 fully saturated rings. The highest BCUT2D eigenvalue weighted by atomic mass is 16.4. The van der Waals surface area contributed by atoms with Gasteiger partial charge in [-0.15, -0.1) is 0 Å². The summed E-state index contributed by atoms with van der Waals surface area (Å²) in [6, 6.07) is 5.53. The number of carboxylic acid groups (broad SMARTS) is 2. The summed E-state index contributed by atoms with van der Waals surface area (Å²) in [5, 5.41) is 23.0. The Bertz CT molecular complexity index is 646. The summed E-state index contributed by atoms with van der Waals surface area (Å²) in [7, 11) is 0. The van der Waals surface area contributed by atoms with Gasteiger partial charge in [-0.2, -0.15) is 0 Å². The van der Waals surface area contributed by atoms with Crippen LogP contribution in [0.1, 0.15) is 18.4 Å². The number of carbonyl (C=O) groups excluding carboxylic acids is 1. The minimum Gasteiger partial charge on any atom is -0.480 e. The fourth-order valence-electron chi connectivity index (χ4n) is 2.17. The van der Waals surface area contributed by atoms with Gasteiger partial charge in [0.1, 0.15) is 12.1 Å². The highest BCUT2D eigenvalue weighted by molar-refractivity contribution is 5.86. The molecule has 0 saturated carbocycles. The van der Waals surface area contributed by atoms with Gasteiger partial charge in [0.15, 0.2) is 5.96 Å². The Kier molecular flexibility index (Phi) is 8.41. The fraction of sp³-hybridized carbons (Fsp3) is 0.375. The van der Waals surface area contributed by atoms with E-state index in [9.17, 15) is 19.5 Å². The lowest BCUT2D eigenvalue weighted by Gasteiger charge is -2.18.